The topological polar surface area (TPSA) is 92.7 Å². The minimum atomic E-state index is -0.332. The Labute approximate surface area is 109 Å². The van der Waals surface area contributed by atoms with Gasteiger partial charge in [-0.2, -0.15) is 5.10 Å². The lowest BCUT2D eigenvalue weighted by Gasteiger charge is -2.06. The van der Waals surface area contributed by atoms with Crippen molar-refractivity contribution < 1.29 is 4.79 Å². The van der Waals surface area contributed by atoms with E-state index in [1.54, 1.807) is 12.4 Å². The molecular weight excluding hydrogens is 246 g/mol. The number of amides is 1. The van der Waals surface area contributed by atoms with Gasteiger partial charge in [0, 0.05) is 25.0 Å². The zero-order chi connectivity index (χ0) is 13.7. The number of aromatic nitrogens is 4. The summed E-state index contributed by atoms with van der Waals surface area (Å²) in [5.74, 6) is 0.330. The molecule has 0 saturated heterocycles. The van der Waals surface area contributed by atoms with Crippen molar-refractivity contribution in [2.24, 2.45) is 0 Å². The minimum absolute atomic E-state index is 0.204. The van der Waals surface area contributed by atoms with E-state index in [2.05, 4.69) is 20.4 Å². The van der Waals surface area contributed by atoms with E-state index in [0.29, 0.717) is 18.9 Å². The molecule has 0 atom stereocenters. The van der Waals surface area contributed by atoms with E-state index in [0.717, 1.165) is 6.42 Å². The quantitative estimate of drug-likeness (QED) is 0.810. The third-order valence-electron chi connectivity index (χ3n) is 2.51. The molecule has 0 spiro atoms. The molecule has 2 heterocycles. The molecule has 0 fully saturated rings. The van der Waals surface area contributed by atoms with Crippen LogP contribution in [-0.4, -0.2) is 25.7 Å². The van der Waals surface area contributed by atoms with Gasteiger partial charge in [-0.15, -0.1) is 0 Å². The fraction of sp³-hybridized carbons (Fsp3) is 0.333. The first-order valence-electron chi connectivity index (χ1n) is 6.05. The minimum Gasteiger partial charge on any atom is -0.347 e. The highest BCUT2D eigenvalue weighted by Gasteiger charge is 2.09. The molecular formula is C12H15N5O2. The van der Waals surface area contributed by atoms with Crippen LogP contribution in [0.25, 0.3) is 0 Å². The molecule has 1 amide bonds. The second-order valence-corrected chi connectivity index (χ2v) is 4.00. The first kappa shape index (κ1) is 13.0. The molecule has 7 nitrogen and oxygen atoms in total. The molecule has 0 bridgehead atoms. The summed E-state index contributed by atoms with van der Waals surface area (Å²) in [5, 5.41) is 6.70. The van der Waals surface area contributed by atoms with Crippen LogP contribution in [0.15, 0.2) is 29.3 Å². The number of hydrogen-bond acceptors (Lipinski definition) is 4. The molecule has 2 aromatic heterocycles. The van der Waals surface area contributed by atoms with Crippen molar-refractivity contribution >= 4 is 5.91 Å². The Balaban J connectivity index is 2.06. The van der Waals surface area contributed by atoms with Crippen LogP contribution in [0, 0.1) is 0 Å². The zero-order valence-electron chi connectivity index (χ0n) is 10.6. The van der Waals surface area contributed by atoms with Gasteiger partial charge in [0.2, 0.25) is 0 Å². The maximum absolute atomic E-state index is 11.9. The molecule has 0 saturated carbocycles. The molecule has 2 aromatic rings. The summed E-state index contributed by atoms with van der Waals surface area (Å²) in [6, 6.07) is 2.77. The standard InChI is InChI=1S/C12H15N5O2/c1-2-7-17-11(18)4-3-9(16-17)12(19)15-8-10-13-5-6-14-10/h3-6H,2,7-8H2,1H3,(H,13,14)(H,15,19). The van der Waals surface area contributed by atoms with Gasteiger partial charge in [0.05, 0.1) is 6.54 Å². The van der Waals surface area contributed by atoms with E-state index in [1.807, 2.05) is 6.92 Å². The van der Waals surface area contributed by atoms with E-state index in [9.17, 15) is 9.59 Å². The van der Waals surface area contributed by atoms with Gasteiger partial charge in [-0.3, -0.25) is 9.59 Å². The third-order valence-corrected chi connectivity index (χ3v) is 2.51. The van der Waals surface area contributed by atoms with Crippen LogP contribution in [0.1, 0.15) is 29.7 Å². The average molecular weight is 261 g/mol. The molecule has 0 radical (unpaired) electrons. The number of H-pyrrole nitrogens is 1. The summed E-state index contributed by atoms with van der Waals surface area (Å²) >= 11 is 0. The Bertz CT molecular complexity index is 603. The third kappa shape index (κ3) is 3.27. The highest BCUT2D eigenvalue weighted by molar-refractivity contribution is 5.91. The zero-order valence-corrected chi connectivity index (χ0v) is 10.6. The molecule has 0 aliphatic rings. The van der Waals surface area contributed by atoms with Crippen LogP contribution in [-0.2, 0) is 13.1 Å². The van der Waals surface area contributed by atoms with Crippen LogP contribution in [0.2, 0.25) is 0 Å². The SMILES string of the molecule is CCCn1nc(C(=O)NCc2ncc[nH]2)ccc1=O. The molecule has 0 unspecified atom stereocenters. The Hall–Kier alpha value is -2.44. The van der Waals surface area contributed by atoms with Crippen LogP contribution in [0.5, 0.6) is 0 Å². The molecule has 19 heavy (non-hydrogen) atoms. The van der Waals surface area contributed by atoms with Crippen molar-refractivity contribution in [3.63, 3.8) is 0 Å². The molecule has 0 aromatic carbocycles. The summed E-state index contributed by atoms with van der Waals surface area (Å²) < 4.78 is 1.29. The van der Waals surface area contributed by atoms with E-state index in [-0.39, 0.29) is 17.2 Å². The van der Waals surface area contributed by atoms with Gasteiger partial charge < -0.3 is 10.3 Å². The van der Waals surface area contributed by atoms with Gasteiger partial charge >= 0.3 is 0 Å². The van der Waals surface area contributed by atoms with Crippen LogP contribution in [0.4, 0.5) is 0 Å². The van der Waals surface area contributed by atoms with Gasteiger partial charge in [0.1, 0.15) is 11.5 Å². The fourth-order valence-corrected chi connectivity index (χ4v) is 1.59. The Morgan fingerprint density at radius 1 is 1.47 bits per heavy atom. The van der Waals surface area contributed by atoms with E-state index >= 15 is 0 Å². The van der Waals surface area contributed by atoms with Crippen molar-refractivity contribution in [1.82, 2.24) is 25.1 Å². The van der Waals surface area contributed by atoms with Crippen molar-refractivity contribution in [3.8, 4) is 0 Å². The number of imidazole rings is 1. The second kappa shape index (κ2) is 5.94. The molecule has 0 aliphatic carbocycles. The Morgan fingerprint density at radius 3 is 3.00 bits per heavy atom. The largest absolute Gasteiger partial charge is 0.347 e. The lowest BCUT2D eigenvalue weighted by atomic mass is 10.3. The number of rotatable bonds is 5. The smallest absolute Gasteiger partial charge is 0.272 e. The first-order chi connectivity index (χ1) is 9.20. The number of aromatic amines is 1. The number of nitrogens with one attached hydrogen (secondary N) is 2. The highest BCUT2D eigenvalue weighted by atomic mass is 16.2. The van der Waals surface area contributed by atoms with E-state index < -0.39 is 0 Å². The molecule has 0 aliphatic heterocycles. The lowest BCUT2D eigenvalue weighted by molar-refractivity contribution is 0.0942. The maximum Gasteiger partial charge on any atom is 0.272 e. The van der Waals surface area contributed by atoms with Crippen LogP contribution in [0.3, 0.4) is 0 Å². The Morgan fingerprint density at radius 2 is 2.32 bits per heavy atom. The number of nitrogens with zero attached hydrogens (tertiary/aromatic N) is 3. The van der Waals surface area contributed by atoms with Gasteiger partial charge in [0.25, 0.3) is 11.5 Å². The van der Waals surface area contributed by atoms with Crippen molar-refractivity contribution in [1.29, 1.82) is 0 Å². The monoisotopic (exact) mass is 261 g/mol. The summed E-state index contributed by atoms with van der Waals surface area (Å²) in [5.41, 5.74) is 0.0176. The average Bonchev–Trinajstić information content (AvgIpc) is 2.92. The van der Waals surface area contributed by atoms with Gasteiger partial charge in [-0.05, 0) is 12.5 Å². The van der Waals surface area contributed by atoms with Crippen molar-refractivity contribution in [2.75, 3.05) is 0 Å². The van der Waals surface area contributed by atoms with Gasteiger partial charge in [-0.1, -0.05) is 6.92 Å². The van der Waals surface area contributed by atoms with Crippen molar-refractivity contribution in [2.45, 2.75) is 26.4 Å². The summed E-state index contributed by atoms with van der Waals surface area (Å²) in [6.07, 6.45) is 4.08. The number of carbonyl (C=O) groups excluding carboxylic acids is 1. The normalized spacial score (nSPS) is 10.4. The number of hydrogen-bond donors (Lipinski definition) is 2. The summed E-state index contributed by atoms with van der Waals surface area (Å²) in [4.78, 5) is 30.2. The predicted octanol–water partition coefficient (Wildman–Crippen LogP) is 0.306. The van der Waals surface area contributed by atoms with E-state index in [1.165, 1.54) is 16.8 Å². The van der Waals surface area contributed by atoms with Crippen molar-refractivity contribution in [3.05, 3.63) is 46.4 Å². The second-order valence-electron chi connectivity index (χ2n) is 4.00. The number of aryl methyl sites for hydroxylation is 1. The maximum atomic E-state index is 11.9. The first-order valence-corrected chi connectivity index (χ1v) is 6.05. The van der Waals surface area contributed by atoms with Gasteiger partial charge in [-0.25, -0.2) is 9.67 Å². The summed E-state index contributed by atoms with van der Waals surface area (Å²) in [6.45, 7) is 2.73. The fourth-order valence-electron chi connectivity index (χ4n) is 1.59. The van der Waals surface area contributed by atoms with Crippen LogP contribution < -0.4 is 10.9 Å². The molecule has 2 rings (SSSR count). The van der Waals surface area contributed by atoms with Gasteiger partial charge in [0.15, 0.2) is 0 Å². The molecule has 100 valence electrons. The highest BCUT2D eigenvalue weighted by Crippen LogP contribution is 1.94. The molecule has 2 N–H and O–H groups in total. The van der Waals surface area contributed by atoms with E-state index in [4.69, 9.17) is 0 Å². The van der Waals surface area contributed by atoms with Crippen LogP contribution >= 0.6 is 0 Å². The molecule has 7 heteroatoms. The Kier molecular flexibility index (Phi) is 4.07. The predicted molar refractivity (Wildman–Crippen MR) is 68.5 cm³/mol. The number of carbonyl (C=O) groups is 1. The lowest BCUT2D eigenvalue weighted by Crippen LogP contribution is -2.29. The summed E-state index contributed by atoms with van der Waals surface area (Å²) in [7, 11) is 0.